The van der Waals surface area contributed by atoms with E-state index in [2.05, 4.69) is 29.2 Å². The summed E-state index contributed by atoms with van der Waals surface area (Å²) in [6.07, 6.45) is 0.177. The van der Waals surface area contributed by atoms with E-state index in [1.807, 2.05) is 12.1 Å². The first-order valence-corrected chi connectivity index (χ1v) is 9.28. The van der Waals surface area contributed by atoms with E-state index < -0.39 is 0 Å². The van der Waals surface area contributed by atoms with Crippen LogP contribution in [0.15, 0.2) is 34.9 Å². The molecule has 1 amide bonds. The van der Waals surface area contributed by atoms with Gasteiger partial charge in [0.05, 0.1) is 25.3 Å². The molecule has 1 aromatic heterocycles. The average Bonchev–Trinajstić information content (AvgIpc) is 3.10. The molecule has 2 aromatic rings. The van der Waals surface area contributed by atoms with E-state index >= 15 is 0 Å². The molecule has 0 radical (unpaired) electrons. The van der Waals surface area contributed by atoms with E-state index in [1.165, 1.54) is 0 Å². The number of amides is 1. The predicted molar refractivity (Wildman–Crippen MR) is 102 cm³/mol. The fourth-order valence-corrected chi connectivity index (χ4v) is 2.60. The van der Waals surface area contributed by atoms with Crippen LogP contribution in [0.4, 0.5) is 0 Å². The highest BCUT2D eigenvalue weighted by Crippen LogP contribution is 2.22. The maximum Gasteiger partial charge on any atom is 0.226 e. The Morgan fingerprint density at radius 1 is 1.23 bits per heavy atom. The lowest BCUT2D eigenvalue weighted by atomic mass is 10.1. The van der Waals surface area contributed by atoms with Crippen molar-refractivity contribution in [1.29, 1.82) is 0 Å². The number of ether oxygens (including phenoxy) is 1. The van der Waals surface area contributed by atoms with Crippen LogP contribution in [0.5, 0.6) is 0 Å². The zero-order valence-electron chi connectivity index (χ0n) is 15.3. The Bertz CT molecular complexity index is 669. The smallest absolute Gasteiger partial charge is 0.226 e. The molecule has 0 aliphatic carbocycles. The Labute approximate surface area is 159 Å². The zero-order chi connectivity index (χ0) is 18.8. The number of likely N-dealkylation sites (N-methyl/N-ethyl adjacent to an activating group) is 1. The van der Waals surface area contributed by atoms with Gasteiger partial charge in [0.25, 0.3) is 0 Å². The Hall–Kier alpha value is -1.89. The zero-order valence-corrected chi connectivity index (χ0v) is 16.1. The summed E-state index contributed by atoms with van der Waals surface area (Å²) >= 11 is 5.87. The Balaban J connectivity index is 1.66. The van der Waals surface area contributed by atoms with Gasteiger partial charge in [-0.1, -0.05) is 30.6 Å². The summed E-state index contributed by atoms with van der Waals surface area (Å²) in [5.41, 5.74) is 1.46. The topological polar surface area (TPSA) is 67.6 Å². The Morgan fingerprint density at radius 3 is 2.65 bits per heavy atom. The molecule has 0 saturated carbocycles. The Morgan fingerprint density at radius 2 is 1.96 bits per heavy atom. The molecule has 0 aliphatic rings. The molecule has 0 fully saturated rings. The van der Waals surface area contributed by atoms with Crippen LogP contribution in [0.3, 0.4) is 0 Å². The van der Waals surface area contributed by atoms with Crippen molar-refractivity contribution in [2.75, 3.05) is 39.4 Å². The monoisotopic (exact) mass is 379 g/mol. The first-order valence-electron chi connectivity index (χ1n) is 8.90. The normalized spacial score (nSPS) is 11.1. The van der Waals surface area contributed by atoms with Gasteiger partial charge < -0.3 is 19.5 Å². The standard InChI is InChI=1S/C19H26ClN3O3/c1-3-23(4-2)10-12-25-11-9-21-19(24)14-17-13-18(26-22-17)15-5-7-16(20)8-6-15/h5-8,13H,3-4,9-12,14H2,1-2H3,(H,21,24). The number of hydrogen-bond acceptors (Lipinski definition) is 5. The van der Waals surface area contributed by atoms with E-state index in [9.17, 15) is 4.79 Å². The second-order valence-electron chi connectivity index (χ2n) is 5.86. The van der Waals surface area contributed by atoms with Crippen molar-refractivity contribution in [3.63, 3.8) is 0 Å². The maximum absolute atomic E-state index is 12.0. The van der Waals surface area contributed by atoms with Crippen LogP contribution in [-0.2, 0) is 16.0 Å². The lowest BCUT2D eigenvalue weighted by molar-refractivity contribution is -0.120. The number of halogens is 1. The number of nitrogens with zero attached hydrogens (tertiary/aromatic N) is 2. The van der Waals surface area contributed by atoms with E-state index in [0.29, 0.717) is 36.2 Å². The molecule has 1 heterocycles. The van der Waals surface area contributed by atoms with Crippen molar-refractivity contribution in [3.05, 3.63) is 41.0 Å². The van der Waals surface area contributed by atoms with Crippen LogP contribution < -0.4 is 5.32 Å². The molecule has 0 saturated heterocycles. The van der Waals surface area contributed by atoms with Gasteiger partial charge in [-0.2, -0.15) is 0 Å². The van der Waals surface area contributed by atoms with Gasteiger partial charge in [-0.05, 0) is 37.4 Å². The number of rotatable bonds is 11. The van der Waals surface area contributed by atoms with Crippen LogP contribution in [0.1, 0.15) is 19.5 Å². The van der Waals surface area contributed by atoms with Gasteiger partial charge in [-0.15, -0.1) is 0 Å². The molecule has 0 unspecified atom stereocenters. The maximum atomic E-state index is 12.0. The van der Waals surface area contributed by atoms with Crippen molar-refractivity contribution in [1.82, 2.24) is 15.4 Å². The number of aromatic nitrogens is 1. The molecule has 0 spiro atoms. The second-order valence-corrected chi connectivity index (χ2v) is 6.29. The largest absolute Gasteiger partial charge is 0.378 e. The number of carbonyl (C=O) groups is 1. The lowest BCUT2D eigenvalue weighted by Crippen LogP contribution is -2.31. The summed E-state index contributed by atoms with van der Waals surface area (Å²) in [7, 11) is 0. The summed E-state index contributed by atoms with van der Waals surface area (Å²) < 4.78 is 10.8. The summed E-state index contributed by atoms with van der Waals surface area (Å²) in [4.78, 5) is 14.3. The highest BCUT2D eigenvalue weighted by Gasteiger charge is 2.10. The number of carbonyl (C=O) groups excluding carboxylic acids is 1. The SMILES string of the molecule is CCN(CC)CCOCCNC(=O)Cc1cc(-c2ccc(Cl)cc2)on1. The highest BCUT2D eigenvalue weighted by molar-refractivity contribution is 6.30. The van der Waals surface area contributed by atoms with Crippen LogP contribution in [0, 0.1) is 0 Å². The lowest BCUT2D eigenvalue weighted by Gasteiger charge is -2.17. The highest BCUT2D eigenvalue weighted by atomic mass is 35.5. The Kier molecular flexibility index (Phi) is 8.61. The van der Waals surface area contributed by atoms with Gasteiger partial charge in [0, 0.05) is 29.7 Å². The van der Waals surface area contributed by atoms with Crippen molar-refractivity contribution >= 4 is 17.5 Å². The fourth-order valence-electron chi connectivity index (χ4n) is 2.47. The van der Waals surface area contributed by atoms with Gasteiger partial charge in [0.1, 0.15) is 0 Å². The average molecular weight is 380 g/mol. The number of benzene rings is 1. The van der Waals surface area contributed by atoms with E-state index in [0.717, 1.165) is 25.2 Å². The molecule has 2 rings (SSSR count). The van der Waals surface area contributed by atoms with Crippen LogP contribution in [0.2, 0.25) is 5.02 Å². The van der Waals surface area contributed by atoms with Gasteiger partial charge in [0.2, 0.25) is 5.91 Å². The molecular weight excluding hydrogens is 354 g/mol. The minimum absolute atomic E-state index is 0.103. The van der Waals surface area contributed by atoms with Crippen LogP contribution in [0.25, 0.3) is 11.3 Å². The first kappa shape index (κ1) is 20.4. The van der Waals surface area contributed by atoms with Crippen molar-refractivity contribution < 1.29 is 14.1 Å². The summed E-state index contributed by atoms with van der Waals surface area (Å²) in [6.45, 7) is 8.87. The fraction of sp³-hybridized carbons (Fsp3) is 0.474. The third-order valence-corrected chi connectivity index (χ3v) is 4.30. The predicted octanol–water partition coefficient (Wildman–Crippen LogP) is 3.01. The van der Waals surface area contributed by atoms with Gasteiger partial charge >= 0.3 is 0 Å². The molecule has 6 nitrogen and oxygen atoms in total. The van der Waals surface area contributed by atoms with Gasteiger partial charge in [0.15, 0.2) is 5.76 Å². The molecule has 1 N–H and O–H groups in total. The van der Waals surface area contributed by atoms with Crippen LogP contribution >= 0.6 is 11.6 Å². The summed E-state index contributed by atoms with van der Waals surface area (Å²) in [5.74, 6) is 0.512. The minimum Gasteiger partial charge on any atom is -0.378 e. The molecule has 0 aliphatic heterocycles. The van der Waals surface area contributed by atoms with E-state index in [1.54, 1.807) is 18.2 Å². The quantitative estimate of drug-likeness (QED) is 0.608. The van der Waals surface area contributed by atoms with Crippen LogP contribution in [-0.4, -0.2) is 55.4 Å². The first-order chi connectivity index (χ1) is 12.6. The second kappa shape index (κ2) is 11.0. The van der Waals surface area contributed by atoms with Crippen molar-refractivity contribution in [2.45, 2.75) is 20.3 Å². The third-order valence-electron chi connectivity index (χ3n) is 4.04. The third kappa shape index (κ3) is 6.78. The minimum atomic E-state index is -0.103. The van der Waals surface area contributed by atoms with E-state index in [-0.39, 0.29) is 12.3 Å². The number of nitrogens with one attached hydrogen (secondary N) is 1. The summed E-state index contributed by atoms with van der Waals surface area (Å²) in [6, 6.07) is 9.03. The van der Waals surface area contributed by atoms with Gasteiger partial charge in [-0.3, -0.25) is 4.79 Å². The molecule has 26 heavy (non-hydrogen) atoms. The molecule has 7 heteroatoms. The molecule has 0 bridgehead atoms. The van der Waals surface area contributed by atoms with Crippen molar-refractivity contribution in [2.24, 2.45) is 0 Å². The molecule has 142 valence electrons. The summed E-state index contributed by atoms with van der Waals surface area (Å²) in [5, 5.41) is 7.43. The molecule has 0 atom stereocenters. The molecule has 1 aromatic carbocycles. The van der Waals surface area contributed by atoms with Gasteiger partial charge in [-0.25, -0.2) is 0 Å². The van der Waals surface area contributed by atoms with E-state index in [4.69, 9.17) is 20.9 Å². The van der Waals surface area contributed by atoms with Crippen molar-refractivity contribution in [3.8, 4) is 11.3 Å². The number of hydrogen-bond donors (Lipinski definition) is 1. The molecular formula is C19H26ClN3O3.